The number of ether oxygens (including phenoxy) is 1. The Kier molecular flexibility index (Phi) is 3.68. The quantitative estimate of drug-likeness (QED) is 0.530. The SMILES string of the molecule is Nc1nc(Cl)cc(Oc2ccc([N+](=O)[O-])cc2Cl)n1. The van der Waals surface area contributed by atoms with E-state index in [1.165, 1.54) is 24.3 Å². The van der Waals surface area contributed by atoms with Gasteiger partial charge >= 0.3 is 0 Å². The molecule has 1 aromatic carbocycles. The maximum absolute atomic E-state index is 10.6. The largest absolute Gasteiger partial charge is 0.437 e. The van der Waals surface area contributed by atoms with Crippen molar-refractivity contribution < 1.29 is 9.66 Å². The van der Waals surface area contributed by atoms with E-state index in [2.05, 4.69) is 9.97 Å². The predicted octanol–water partition coefficient (Wildman–Crippen LogP) is 3.07. The van der Waals surface area contributed by atoms with Crippen LogP contribution in [0.1, 0.15) is 0 Å². The number of nitro groups is 1. The average Bonchev–Trinajstić information content (AvgIpc) is 2.30. The number of hydrogen-bond acceptors (Lipinski definition) is 6. The highest BCUT2D eigenvalue weighted by atomic mass is 35.5. The Morgan fingerprint density at radius 1 is 1.26 bits per heavy atom. The molecule has 19 heavy (non-hydrogen) atoms. The van der Waals surface area contributed by atoms with Crippen LogP contribution in [-0.2, 0) is 0 Å². The maximum Gasteiger partial charge on any atom is 0.271 e. The Morgan fingerprint density at radius 2 is 2.00 bits per heavy atom. The van der Waals surface area contributed by atoms with Crippen LogP contribution in [-0.4, -0.2) is 14.9 Å². The van der Waals surface area contributed by atoms with Crippen LogP contribution >= 0.6 is 23.2 Å². The molecule has 7 nitrogen and oxygen atoms in total. The second-order valence-electron chi connectivity index (χ2n) is 3.36. The summed E-state index contributed by atoms with van der Waals surface area (Å²) in [4.78, 5) is 17.5. The van der Waals surface area contributed by atoms with Gasteiger partial charge in [-0.15, -0.1) is 0 Å². The number of nitro benzene ring substituents is 1. The van der Waals surface area contributed by atoms with Gasteiger partial charge < -0.3 is 10.5 Å². The number of nitrogens with zero attached hydrogens (tertiary/aromatic N) is 3. The molecule has 0 spiro atoms. The third-order valence-electron chi connectivity index (χ3n) is 2.03. The van der Waals surface area contributed by atoms with Crippen molar-refractivity contribution in [3.8, 4) is 11.6 Å². The van der Waals surface area contributed by atoms with Crippen LogP contribution in [0.25, 0.3) is 0 Å². The summed E-state index contributed by atoms with van der Waals surface area (Å²) in [6.45, 7) is 0. The molecule has 2 aromatic rings. The van der Waals surface area contributed by atoms with Crippen molar-refractivity contribution in [3.63, 3.8) is 0 Å². The molecular weight excluding hydrogens is 295 g/mol. The molecule has 0 bridgehead atoms. The van der Waals surface area contributed by atoms with Gasteiger partial charge in [-0.2, -0.15) is 4.98 Å². The van der Waals surface area contributed by atoms with E-state index < -0.39 is 4.92 Å². The first-order chi connectivity index (χ1) is 8.95. The number of anilines is 1. The van der Waals surface area contributed by atoms with Crippen molar-refractivity contribution in [3.05, 3.63) is 44.6 Å². The molecular formula is C10H6Cl2N4O3. The Bertz CT molecular complexity index is 630. The van der Waals surface area contributed by atoms with Crippen LogP contribution in [0.3, 0.4) is 0 Å². The van der Waals surface area contributed by atoms with E-state index in [9.17, 15) is 10.1 Å². The molecule has 1 heterocycles. The Hall–Kier alpha value is -2.12. The third-order valence-corrected chi connectivity index (χ3v) is 2.52. The van der Waals surface area contributed by atoms with E-state index in [1.54, 1.807) is 0 Å². The molecule has 0 aliphatic heterocycles. The number of rotatable bonds is 3. The van der Waals surface area contributed by atoms with Crippen molar-refractivity contribution in [1.82, 2.24) is 9.97 Å². The van der Waals surface area contributed by atoms with Gasteiger partial charge in [-0.1, -0.05) is 23.2 Å². The van der Waals surface area contributed by atoms with Crippen LogP contribution in [0, 0.1) is 10.1 Å². The standard InChI is InChI=1S/C10H6Cl2N4O3/c11-6-3-5(16(17)18)1-2-7(6)19-9-4-8(12)14-10(13)15-9/h1-4H,(H2,13,14,15). The van der Waals surface area contributed by atoms with Gasteiger partial charge in [-0.3, -0.25) is 10.1 Å². The summed E-state index contributed by atoms with van der Waals surface area (Å²) in [7, 11) is 0. The summed E-state index contributed by atoms with van der Waals surface area (Å²) in [6.07, 6.45) is 0. The minimum atomic E-state index is -0.560. The molecule has 0 unspecified atom stereocenters. The summed E-state index contributed by atoms with van der Waals surface area (Å²) in [5.74, 6) is 0.232. The van der Waals surface area contributed by atoms with Crippen molar-refractivity contribution in [2.24, 2.45) is 0 Å². The van der Waals surface area contributed by atoms with Crippen molar-refractivity contribution in [1.29, 1.82) is 0 Å². The first kappa shape index (κ1) is 13.3. The summed E-state index contributed by atoms with van der Waals surface area (Å²) in [5.41, 5.74) is 5.26. The Balaban J connectivity index is 2.30. The zero-order valence-corrected chi connectivity index (χ0v) is 10.7. The molecule has 2 N–H and O–H groups in total. The van der Waals surface area contributed by atoms with Crippen LogP contribution in [0.15, 0.2) is 24.3 Å². The summed E-state index contributed by atoms with van der Waals surface area (Å²) in [5, 5.41) is 10.7. The summed E-state index contributed by atoms with van der Waals surface area (Å²) < 4.78 is 5.34. The van der Waals surface area contributed by atoms with Gasteiger partial charge in [-0.25, -0.2) is 4.98 Å². The number of nitrogens with two attached hydrogens (primary N) is 1. The summed E-state index contributed by atoms with van der Waals surface area (Å²) >= 11 is 11.6. The lowest BCUT2D eigenvalue weighted by Crippen LogP contribution is -1.97. The Morgan fingerprint density at radius 3 is 2.58 bits per heavy atom. The van der Waals surface area contributed by atoms with Crippen molar-refractivity contribution in [2.75, 3.05) is 5.73 Å². The van der Waals surface area contributed by atoms with Gasteiger partial charge in [0.15, 0.2) is 0 Å². The minimum absolute atomic E-state index is 0.0551. The lowest BCUT2D eigenvalue weighted by molar-refractivity contribution is -0.384. The Labute approximate surface area is 117 Å². The van der Waals surface area contributed by atoms with Crippen LogP contribution < -0.4 is 10.5 Å². The van der Waals surface area contributed by atoms with E-state index in [1.807, 2.05) is 0 Å². The van der Waals surface area contributed by atoms with Gasteiger partial charge in [0, 0.05) is 18.2 Å². The lowest BCUT2D eigenvalue weighted by atomic mass is 10.3. The fourth-order valence-corrected chi connectivity index (χ4v) is 1.66. The normalized spacial score (nSPS) is 10.2. The average molecular weight is 301 g/mol. The number of hydrogen-bond donors (Lipinski definition) is 1. The zero-order valence-electron chi connectivity index (χ0n) is 9.21. The van der Waals surface area contributed by atoms with Gasteiger partial charge in [0.1, 0.15) is 10.9 Å². The number of non-ortho nitro benzene ring substituents is 1. The van der Waals surface area contributed by atoms with Crippen LogP contribution in [0.4, 0.5) is 11.6 Å². The molecule has 0 radical (unpaired) electrons. The van der Waals surface area contributed by atoms with E-state index in [0.29, 0.717) is 0 Å². The molecule has 2 rings (SSSR count). The third kappa shape index (κ3) is 3.21. The summed E-state index contributed by atoms with van der Waals surface area (Å²) in [6, 6.07) is 5.12. The van der Waals surface area contributed by atoms with E-state index in [-0.39, 0.29) is 33.4 Å². The first-order valence-electron chi connectivity index (χ1n) is 4.87. The lowest BCUT2D eigenvalue weighted by Gasteiger charge is -2.06. The highest BCUT2D eigenvalue weighted by molar-refractivity contribution is 6.32. The van der Waals surface area contributed by atoms with Gasteiger partial charge in [0.25, 0.3) is 5.69 Å². The molecule has 0 saturated heterocycles. The molecule has 0 saturated carbocycles. The van der Waals surface area contributed by atoms with Crippen molar-refractivity contribution >= 4 is 34.8 Å². The van der Waals surface area contributed by atoms with Crippen LogP contribution in [0.5, 0.6) is 11.6 Å². The van der Waals surface area contributed by atoms with Gasteiger partial charge in [0.2, 0.25) is 11.8 Å². The van der Waals surface area contributed by atoms with Gasteiger partial charge in [0.05, 0.1) is 9.95 Å². The van der Waals surface area contributed by atoms with Crippen LogP contribution in [0.2, 0.25) is 10.2 Å². The molecule has 1 aromatic heterocycles. The fraction of sp³-hybridized carbons (Fsp3) is 0. The molecule has 0 aliphatic rings. The maximum atomic E-state index is 10.6. The highest BCUT2D eigenvalue weighted by Gasteiger charge is 2.12. The zero-order chi connectivity index (χ0) is 14.0. The highest BCUT2D eigenvalue weighted by Crippen LogP contribution is 2.32. The van der Waals surface area contributed by atoms with Gasteiger partial charge in [-0.05, 0) is 6.07 Å². The monoisotopic (exact) mass is 300 g/mol. The van der Waals surface area contributed by atoms with E-state index in [4.69, 9.17) is 33.7 Å². The molecule has 98 valence electrons. The molecule has 0 aliphatic carbocycles. The second-order valence-corrected chi connectivity index (χ2v) is 4.16. The molecule has 9 heteroatoms. The predicted molar refractivity (Wildman–Crippen MR) is 69.6 cm³/mol. The number of halogens is 2. The van der Waals surface area contributed by atoms with E-state index in [0.717, 1.165) is 0 Å². The fourth-order valence-electron chi connectivity index (χ4n) is 1.26. The molecule has 0 amide bonds. The smallest absolute Gasteiger partial charge is 0.271 e. The minimum Gasteiger partial charge on any atom is -0.437 e. The van der Waals surface area contributed by atoms with Crippen molar-refractivity contribution in [2.45, 2.75) is 0 Å². The number of benzene rings is 1. The second kappa shape index (κ2) is 5.25. The number of nitrogen functional groups attached to an aromatic ring is 1. The van der Waals surface area contributed by atoms with E-state index >= 15 is 0 Å². The number of aromatic nitrogens is 2. The molecule has 0 atom stereocenters. The first-order valence-corrected chi connectivity index (χ1v) is 5.63. The molecule has 0 fully saturated rings. The topological polar surface area (TPSA) is 104 Å².